The van der Waals surface area contributed by atoms with E-state index in [1.165, 1.54) is 0 Å². The predicted molar refractivity (Wildman–Crippen MR) is 65.1 cm³/mol. The van der Waals surface area contributed by atoms with Crippen LogP contribution >= 0.6 is 0 Å². The molecule has 92 valence electrons. The van der Waals surface area contributed by atoms with Gasteiger partial charge in [0, 0.05) is 12.1 Å². The predicted octanol–water partition coefficient (Wildman–Crippen LogP) is 0.139. The number of carbonyl (C=O) groups excluding carboxylic acids is 2. The quantitative estimate of drug-likeness (QED) is 0.692. The molecule has 0 saturated heterocycles. The summed E-state index contributed by atoms with van der Waals surface area (Å²) in [6, 6.07) is 6.79. The molecule has 1 aromatic carbocycles. The molecular weight excluding hydrogens is 218 g/mol. The van der Waals surface area contributed by atoms with Crippen LogP contribution in [0.15, 0.2) is 24.3 Å². The summed E-state index contributed by atoms with van der Waals surface area (Å²) >= 11 is 0. The van der Waals surface area contributed by atoms with Crippen molar-refractivity contribution < 1.29 is 9.59 Å². The van der Waals surface area contributed by atoms with Crippen LogP contribution in [0.5, 0.6) is 0 Å². The Morgan fingerprint density at radius 1 is 1.35 bits per heavy atom. The van der Waals surface area contributed by atoms with Crippen molar-refractivity contribution in [2.45, 2.75) is 25.9 Å². The van der Waals surface area contributed by atoms with Crippen molar-refractivity contribution in [2.24, 2.45) is 11.5 Å². The van der Waals surface area contributed by atoms with E-state index in [0.717, 1.165) is 5.56 Å². The fourth-order valence-corrected chi connectivity index (χ4v) is 1.24. The minimum atomic E-state index is -0.915. The molecule has 0 aliphatic rings. The first-order chi connectivity index (χ1) is 7.80. The zero-order chi connectivity index (χ0) is 13.1. The fourth-order valence-electron chi connectivity index (χ4n) is 1.24. The summed E-state index contributed by atoms with van der Waals surface area (Å²) in [5.41, 5.74) is 11.1. The van der Waals surface area contributed by atoms with E-state index in [4.69, 9.17) is 11.5 Å². The second-order valence-electron chi connectivity index (χ2n) is 4.47. The van der Waals surface area contributed by atoms with Crippen LogP contribution in [0.25, 0.3) is 0 Å². The van der Waals surface area contributed by atoms with Gasteiger partial charge in [-0.3, -0.25) is 9.59 Å². The summed E-state index contributed by atoms with van der Waals surface area (Å²) in [5.74, 6) is -0.737. The van der Waals surface area contributed by atoms with Gasteiger partial charge in [-0.1, -0.05) is 12.1 Å². The Bertz CT molecular complexity index is 436. The third-order valence-electron chi connectivity index (χ3n) is 2.25. The lowest BCUT2D eigenvalue weighted by Gasteiger charge is -2.17. The highest BCUT2D eigenvalue weighted by atomic mass is 16.2. The van der Waals surface area contributed by atoms with E-state index in [-0.39, 0.29) is 5.91 Å². The van der Waals surface area contributed by atoms with E-state index < -0.39 is 11.4 Å². The van der Waals surface area contributed by atoms with Crippen LogP contribution < -0.4 is 16.8 Å². The average molecular weight is 235 g/mol. The van der Waals surface area contributed by atoms with Crippen molar-refractivity contribution in [2.75, 3.05) is 0 Å². The summed E-state index contributed by atoms with van der Waals surface area (Å²) in [4.78, 5) is 22.5. The van der Waals surface area contributed by atoms with Crippen LogP contribution in [0.4, 0.5) is 0 Å². The Morgan fingerprint density at radius 3 is 2.53 bits per heavy atom. The van der Waals surface area contributed by atoms with Crippen LogP contribution in [0.2, 0.25) is 0 Å². The van der Waals surface area contributed by atoms with Crippen LogP contribution in [0, 0.1) is 0 Å². The molecule has 2 amide bonds. The largest absolute Gasteiger partial charge is 0.366 e. The van der Waals surface area contributed by atoms with Crippen LogP contribution in [-0.2, 0) is 11.3 Å². The molecule has 0 bridgehead atoms. The van der Waals surface area contributed by atoms with Crippen LogP contribution in [0.1, 0.15) is 29.8 Å². The Morgan fingerprint density at radius 2 is 2.00 bits per heavy atom. The lowest BCUT2D eigenvalue weighted by Crippen LogP contribution is -2.48. The molecule has 0 fully saturated rings. The molecule has 17 heavy (non-hydrogen) atoms. The SMILES string of the molecule is CC(C)(N)C(=O)NCc1cccc(C(N)=O)c1. The van der Waals surface area contributed by atoms with E-state index in [9.17, 15) is 9.59 Å². The average Bonchev–Trinajstić information content (AvgIpc) is 2.25. The van der Waals surface area contributed by atoms with Crippen molar-refractivity contribution >= 4 is 11.8 Å². The standard InChI is InChI=1S/C12H17N3O2/c1-12(2,14)11(17)15-7-8-4-3-5-9(6-8)10(13)16/h3-6H,7,14H2,1-2H3,(H2,13,16)(H,15,17). The van der Waals surface area contributed by atoms with E-state index in [0.29, 0.717) is 12.1 Å². The van der Waals surface area contributed by atoms with E-state index in [1.54, 1.807) is 38.1 Å². The number of nitrogens with two attached hydrogens (primary N) is 2. The van der Waals surface area contributed by atoms with Gasteiger partial charge in [0.15, 0.2) is 0 Å². The van der Waals surface area contributed by atoms with Crippen molar-refractivity contribution in [3.63, 3.8) is 0 Å². The van der Waals surface area contributed by atoms with E-state index in [1.807, 2.05) is 0 Å². The molecule has 0 atom stereocenters. The highest BCUT2D eigenvalue weighted by molar-refractivity contribution is 5.93. The monoisotopic (exact) mass is 235 g/mol. The topological polar surface area (TPSA) is 98.2 Å². The molecule has 5 N–H and O–H groups in total. The molecule has 0 saturated carbocycles. The zero-order valence-electron chi connectivity index (χ0n) is 9.99. The molecule has 5 nitrogen and oxygen atoms in total. The maximum atomic E-state index is 11.5. The lowest BCUT2D eigenvalue weighted by atomic mass is 10.1. The Kier molecular flexibility index (Phi) is 3.85. The van der Waals surface area contributed by atoms with Gasteiger partial charge in [-0.15, -0.1) is 0 Å². The third-order valence-corrected chi connectivity index (χ3v) is 2.25. The molecule has 0 aromatic heterocycles. The number of amides is 2. The maximum Gasteiger partial charge on any atom is 0.248 e. The Labute approximate surface area is 100 Å². The second-order valence-corrected chi connectivity index (χ2v) is 4.47. The molecular formula is C12H17N3O2. The minimum absolute atomic E-state index is 0.248. The summed E-state index contributed by atoms with van der Waals surface area (Å²) in [7, 11) is 0. The van der Waals surface area contributed by atoms with Crippen molar-refractivity contribution in [3.8, 4) is 0 Å². The number of hydrogen-bond donors (Lipinski definition) is 3. The van der Waals surface area contributed by atoms with Crippen LogP contribution in [-0.4, -0.2) is 17.4 Å². The summed E-state index contributed by atoms with van der Waals surface area (Å²) in [5, 5.41) is 2.69. The molecule has 5 heteroatoms. The molecule has 0 heterocycles. The lowest BCUT2D eigenvalue weighted by molar-refractivity contribution is -0.125. The van der Waals surface area contributed by atoms with Gasteiger partial charge in [0.2, 0.25) is 11.8 Å². The molecule has 0 spiro atoms. The van der Waals surface area contributed by atoms with Gasteiger partial charge in [0.1, 0.15) is 0 Å². The molecule has 0 radical (unpaired) electrons. The Balaban J connectivity index is 2.67. The third kappa shape index (κ3) is 3.88. The van der Waals surface area contributed by atoms with Gasteiger partial charge < -0.3 is 16.8 Å². The van der Waals surface area contributed by atoms with Gasteiger partial charge in [-0.05, 0) is 31.5 Å². The number of nitrogens with one attached hydrogen (secondary N) is 1. The smallest absolute Gasteiger partial charge is 0.248 e. The molecule has 1 aromatic rings. The van der Waals surface area contributed by atoms with Gasteiger partial charge in [0.05, 0.1) is 5.54 Å². The maximum absolute atomic E-state index is 11.5. The first-order valence-electron chi connectivity index (χ1n) is 5.26. The van der Waals surface area contributed by atoms with Crippen molar-refractivity contribution in [1.29, 1.82) is 0 Å². The number of rotatable bonds is 4. The number of hydrogen-bond acceptors (Lipinski definition) is 3. The van der Waals surface area contributed by atoms with Gasteiger partial charge in [0.25, 0.3) is 0 Å². The molecule has 0 aliphatic heterocycles. The van der Waals surface area contributed by atoms with Gasteiger partial charge in [-0.25, -0.2) is 0 Å². The number of carbonyl (C=O) groups is 2. The van der Waals surface area contributed by atoms with Gasteiger partial charge in [-0.2, -0.15) is 0 Å². The first-order valence-corrected chi connectivity index (χ1v) is 5.26. The van der Waals surface area contributed by atoms with E-state index in [2.05, 4.69) is 5.32 Å². The Hall–Kier alpha value is -1.88. The highest BCUT2D eigenvalue weighted by Crippen LogP contribution is 2.05. The minimum Gasteiger partial charge on any atom is -0.366 e. The summed E-state index contributed by atoms with van der Waals surface area (Å²) in [6.45, 7) is 3.57. The first kappa shape index (κ1) is 13.2. The molecule has 0 unspecified atom stereocenters. The van der Waals surface area contributed by atoms with E-state index >= 15 is 0 Å². The second kappa shape index (κ2) is 4.97. The van der Waals surface area contributed by atoms with Crippen molar-refractivity contribution in [1.82, 2.24) is 5.32 Å². The zero-order valence-corrected chi connectivity index (χ0v) is 9.99. The van der Waals surface area contributed by atoms with Gasteiger partial charge >= 0.3 is 0 Å². The fraction of sp³-hybridized carbons (Fsp3) is 0.333. The number of primary amides is 1. The summed E-state index contributed by atoms with van der Waals surface area (Å²) < 4.78 is 0. The van der Waals surface area contributed by atoms with Crippen molar-refractivity contribution in [3.05, 3.63) is 35.4 Å². The van der Waals surface area contributed by atoms with Crippen LogP contribution in [0.3, 0.4) is 0 Å². The molecule has 1 rings (SSSR count). The molecule has 0 aliphatic carbocycles. The number of benzene rings is 1. The summed E-state index contributed by atoms with van der Waals surface area (Å²) in [6.07, 6.45) is 0. The highest BCUT2D eigenvalue weighted by Gasteiger charge is 2.21. The normalized spacial score (nSPS) is 11.0.